The van der Waals surface area contributed by atoms with E-state index in [9.17, 15) is 4.79 Å². The lowest BCUT2D eigenvalue weighted by Gasteiger charge is -2.36. The summed E-state index contributed by atoms with van der Waals surface area (Å²) in [7, 11) is 0. The second-order valence-corrected chi connectivity index (χ2v) is 6.23. The summed E-state index contributed by atoms with van der Waals surface area (Å²) in [5, 5.41) is 0. The lowest BCUT2D eigenvalue weighted by atomic mass is 10.0. The number of amides is 1. The van der Waals surface area contributed by atoms with Gasteiger partial charge in [-0.05, 0) is 57.7 Å². The molecule has 2 heterocycles. The molecule has 0 aromatic heterocycles. The van der Waals surface area contributed by atoms with Gasteiger partial charge in [-0.15, -0.1) is 0 Å². The summed E-state index contributed by atoms with van der Waals surface area (Å²) >= 11 is 0. The van der Waals surface area contributed by atoms with Gasteiger partial charge in [0.25, 0.3) is 0 Å². The first-order valence-electron chi connectivity index (χ1n) is 7.92. The van der Waals surface area contributed by atoms with Crippen LogP contribution in [0.4, 0.5) is 0 Å². The Morgan fingerprint density at radius 2 is 1.84 bits per heavy atom. The molecule has 2 rings (SSSR count). The van der Waals surface area contributed by atoms with Crippen molar-refractivity contribution >= 4 is 5.91 Å². The molecule has 1 atom stereocenters. The third-order valence-corrected chi connectivity index (χ3v) is 4.73. The Morgan fingerprint density at radius 1 is 1.21 bits per heavy atom. The molecule has 4 heteroatoms. The highest BCUT2D eigenvalue weighted by molar-refractivity contribution is 5.76. The first-order chi connectivity index (χ1) is 9.20. The summed E-state index contributed by atoms with van der Waals surface area (Å²) in [5.74, 6) is 0.797. The lowest BCUT2D eigenvalue weighted by Crippen LogP contribution is -2.45. The van der Waals surface area contributed by atoms with E-state index in [4.69, 9.17) is 5.73 Å². The maximum Gasteiger partial charge on any atom is 0.222 e. The molecular formula is C15H29N3O. The van der Waals surface area contributed by atoms with E-state index in [0.717, 1.165) is 38.4 Å². The topological polar surface area (TPSA) is 49.6 Å². The van der Waals surface area contributed by atoms with E-state index < -0.39 is 0 Å². The average molecular weight is 267 g/mol. The van der Waals surface area contributed by atoms with Crippen LogP contribution in [0.15, 0.2) is 0 Å². The molecule has 1 unspecified atom stereocenters. The van der Waals surface area contributed by atoms with E-state index in [0.29, 0.717) is 24.8 Å². The normalized spacial score (nSPS) is 23.8. The summed E-state index contributed by atoms with van der Waals surface area (Å²) in [6.07, 6.45) is 6.65. The molecule has 2 N–H and O–H groups in total. The summed E-state index contributed by atoms with van der Waals surface area (Å²) < 4.78 is 0. The van der Waals surface area contributed by atoms with Gasteiger partial charge in [-0.2, -0.15) is 0 Å². The SMILES string of the molecule is CC(CN)CCC(=O)N1CCC(N2CCCC2)CC1. The molecule has 110 valence electrons. The highest BCUT2D eigenvalue weighted by atomic mass is 16.2. The van der Waals surface area contributed by atoms with Crippen LogP contribution in [-0.2, 0) is 4.79 Å². The minimum atomic E-state index is 0.333. The van der Waals surface area contributed by atoms with E-state index in [2.05, 4.69) is 16.7 Å². The van der Waals surface area contributed by atoms with E-state index >= 15 is 0 Å². The number of piperidine rings is 1. The standard InChI is InChI=1S/C15H29N3O/c1-13(12-16)4-5-15(19)18-10-6-14(7-11-18)17-8-2-3-9-17/h13-14H,2-12,16H2,1H3. The van der Waals surface area contributed by atoms with Gasteiger partial charge in [-0.25, -0.2) is 0 Å². The molecule has 0 aliphatic carbocycles. The average Bonchev–Trinajstić information content (AvgIpc) is 2.98. The van der Waals surface area contributed by atoms with Gasteiger partial charge in [0.2, 0.25) is 5.91 Å². The molecule has 2 aliphatic heterocycles. The van der Waals surface area contributed by atoms with E-state index in [1.54, 1.807) is 0 Å². The zero-order chi connectivity index (χ0) is 13.7. The number of likely N-dealkylation sites (tertiary alicyclic amines) is 2. The maximum atomic E-state index is 12.1. The van der Waals surface area contributed by atoms with Crippen LogP contribution in [0.25, 0.3) is 0 Å². The van der Waals surface area contributed by atoms with Gasteiger partial charge in [0.05, 0.1) is 0 Å². The van der Waals surface area contributed by atoms with Crippen LogP contribution in [0.2, 0.25) is 0 Å². The number of carbonyl (C=O) groups is 1. The van der Waals surface area contributed by atoms with Crippen LogP contribution in [0.1, 0.15) is 45.4 Å². The van der Waals surface area contributed by atoms with E-state index in [1.807, 2.05) is 0 Å². The molecule has 0 radical (unpaired) electrons. The molecule has 2 aliphatic rings. The van der Waals surface area contributed by atoms with Gasteiger partial charge < -0.3 is 15.5 Å². The largest absolute Gasteiger partial charge is 0.343 e. The molecule has 19 heavy (non-hydrogen) atoms. The predicted octanol–water partition coefficient (Wildman–Crippen LogP) is 1.45. The molecule has 0 spiro atoms. The fourth-order valence-corrected chi connectivity index (χ4v) is 3.23. The third-order valence-electron chi connectivity index (χ3n) is 4.73. The van der Waals surface area contributed by atoms with Crippen molar-refractivity contribution in [3.8, 4) is 0 Å². The first-order valence-corrected chi connectivity index (χ1v) is 7.92. The quantitative estimate of drug-likeness (QED) is 0.820. The Labute approximate surface area is 117 Å². The second kappa shape index (κ2) is 7.25. The minimum Gasteiger partial charge on any atom is -0.343 e. The van der Waals surface area contributed by atoms with Crippen LogP contribution >= 0.6 is 0 Å². The van der Waals surface area contributed by atoms with Gasteiger partial charge in [0, 0.05) is 25.6 Å². The summed E-state index contributed by atoms with van der Waals surface area (Å²) in [6, 6.07) is 0.731. The Morgan fingerprint density at radius 3 is 2.42 bits per heavy atom. The van der Waals surface area contributed by atoms with Crippen molar-refractivity contribution in [2.45, 2.75) is 51.5 Å². The van der Waals surface area contributed by atoms with Crippen molar-refractivity contribution in [2.75, 3.05) is 32.7 Å². The Bertz CT molecular complexity index is 281. The number of rotatable bonds is 5. The zero-order valence-electron chi connectivity index (χ0n) is 12.3. The second-order valence-electron chi connectivity index (χ2n) is 6.23. The molecule has 2 fully saturated rings. The van der Waals surface area contributed by atoms with Gasteiger partial charge in [-0.3, -0.25) is 4.79 Å². The van der Waals surface area contributed by atoms with Gasteiger partial charge >= 0.3 is 0 Å². The van der Waals surface area contributed by atoms with Crippen LogP contribution < -0.4 is 5.73 Å². The predicted molar refractivity (Wildman–Crippen MR) is 77.9 cm³/mol. The van der Waals surface area contributed by atoms with Gasteiger partial charge in [0.1, 0.15) is 0 Å². The molecule has 0 bridgehead atoms. The number of hydrogen-bond acceptors (Lipinski definition) is 3. The van der Waals surface area contributed by atoms with Crippen molar-refractivity contribution in [3.05, 3.63) is 0 Å². The Balaban J connectivity index is 1.68. The van der Waals surface area contributed by atoms with Crippen LogP contribution in [0.5, 0.6) is 0 Å². The van der Waals surface area contributed by atoms with E-state index in [-0.39, 0.29) is 0 Å². The number of nitrogens with zero attached hydrogens (tertiary/aromatic N) is 2. The Hall–Kier alpha value is -0.610. The molecule has 2 saturated heterocycles. The van der Waals surface area contributed by atoms with Crippen molar-refractivity contribution in [1.29, 1.82) is 0 Å². The molecule has 4 nitrogen and oxygen atoms in total. The highest BCUT2D eigenvalue weighted by Crippen LogP contribution is 2.21. The highest BCUT2D eigenvalue weighted by Gasteiger charge is 2.27. The zero-order valence-corrected chi connectivity index (χ0v) is 12.3. The summed E-state index contributed by atoms with van der Waals surface area (Å²) in [4.78, 5) is 16.8. The molecule has 0 saturated carbocycles. The minimum absolute atomic E-state index is 0.333. The molecule has 0 aromatic rings. The smallest absolute Gasteiger partial charge is 0.222 e. The number of nitrogens with two attached hydrogens (primary N) is 1. The number of carbonyl (C=O) groups excluding carboxylic acids is 1. The lowest BCUT2D eigenvalue weighted by molar-refractivity contribution is -0.133. The fourth-order valence-electron chi connectivity index (χ4n) is 3.23. The van der Waals surface area contributed by atoms with Crippen LogP contribution in [-0.4, -0.2) is 54.5 Å². The van der Waals surface area contributed by atoms with E-state index in [1.165, 1.54) is 25.9 Å². The van der Waals surface area contributed by atoms with Crippen molar-refractivity contribution in [1.82, 2.24) is 9.80 Å². The van der Waals surface area contributed by atoms with Crippen molar-refractivity contribution < 1.29 is 4.79 Å². The Kier molecular flexibility index (Phi) is 5.64. The first kappa shape index (κ1) is 14.8. The number of hydrogen-bond donors (Lipinski definition) is 1. The maximum absolute atomic E-state index is 12.1. The summed E-state index contributed by atoms with van der Waals surface area (Å²) in [5.41, 5.74) is 5.59. The molecule has 1 amide bonds. The van der Waals surface area contributed by atoms with Crippen LogP contribution in [0.3, 0.4) is 0 Å². The molecule has 0 aromatic carbocycles. The van der Waals surface area contributed by atoms with Gasteiger partial charge in [0.15, 0.2) is 0 Å². The van der Waals surface area contributed by atoms with Gasteiger partial charge in [-0.1, -0.05) is 6.92 Å². The van der Waals surface area contributed by atoms with Crippen molar-refractivity contribution in [2.24, 2.45) is 11.7 Å². The summed E-state index contributed by atoms with van der Waals surface area (Å²) in [6.45, 7) is 7.25. The monoisotopic (exact) mass is 267 g/mol. The third kappa shape index (κ3) is 4.18. The van der Waals surface area contributed by atoms with Crippen LogP contribution in [0, 0.1) is 5.92 Å². The fraction of sp³-hybridized carbons (Fsp3) is 0.933. The molecular weight excluding hydrogens is 238 g/mol. The van der Waals surface area contributed by atoms with Crippen molar-refractivity contribution in [3.63, 3.8) is 0 Å².